The monoisotopic (exact) mass is 374 g/mol. The van der Waals surface area contributed by atoms with E-state index >= 15 is 0 Å². The molecule has 4 nitrogen and oxygen atoms in total. The lowest BCUT2D eigenvalue weighted by Crippen LogP contribution is -2.31. The summed E-state index contributed by atoms with van der Waals surface area (Å²) in [6.45, 7) is 3.34. The van der Waals surface area contributed by atoms with Crippen LogP contribution >= 0.6 is 27.3 Å². The molecule has 0 radical (unpaired) electrons. The first kappa shape index (κ1) is 16.9. The van der Waals surface area contributed by atoms with E-state index in [0.717, 1.165) is 46.3 Å². The van der Waals surface area contributed by atoms with Crippen molar-refractivity contribution in [2.24, 2.45) is 5.73 Å². The average molecular weight is 375 g/mol. The van der Waals surface area contributed by atoms with Crippen molar-refractivity contribution in [1.82, 2.24) is 5.32 Å². The van der Waals surface area contributed by atoms with Crippen LogP contribution in [0.25, 0.3) is 0 Å². The normalized spacial score (nSPS) is 22.2. The Kier molecular flexibility index (Phi) is 6.67. The average Bonchev–Trinajstić information content (AvgIpc) is 2.80. The summed E-state index contributed by atoms with van der Waals surface area (Å²) in [6, 6.07) is 2.27. The lowest BCUT2D eigenvalue weighted by Gasteiger charge is -2.26. The van der Waals surface area contributed by atoms with Crippen molar-refractivity contribution in [3.63, 3.8) is 0 Å². The molecule has 0 aliphatic heterocycles. The summed E-state index contributed by atoms with van der Waals surface area (Å²) in [6.07, 6.45) is 5.46. The molecule has 0 saturated heterocycles. The first-order valence-corrected chi connectivity index (χ1v) is 9.08. The number of carbonyl (C=O) groups is 1. The Morgan fingerprint density at radius 3 is 2.81 bits per heavy atom. The molecule has 3 N–H and O–H groups in total. The molecule has 0 spiro atoms. The summed E-state index contributed by atoms with van der Waals surface area (Å²) in [4.78, 5) is 12.7. The molecule has 0 aromatic carbocycles. The van der Waals surface area contributed by atoms with Crippen LogP contribution in [0.2, 0.25) is 0 Å². The van der Waals surface area contributed by atoms with Gasteiger partial charge in [0.15, 0.2) is 0 Å². The van der Waals surface area contributed by atoms with Gasteiger partial charge >= 0.3 is 0 Å². The number of rotatable bonds is 6. The van der Waals surface area contributed by atoms with E-state index in [4.69, 9.17) is 10.5 Å². The fraction of sp³-hybridized carbons (Fsp3) is 0.667. The van der Waals surface area contributed by atoms with Crippen molar-refractivity contribution < 1.29 is 9.53 Å². The molecule has 0 atom stereocenters. The van der Waals surface area contributed by atoms with Crippen LogP contribution in [0, 0.1) is 6.92 Å². The maximum absolute atomic E-state index is 11.9. The number of halogens is 1. The number of amides is 1. The van der Waals surface area contributed by atoms with Gasteiger partial charge in [-0.05, 0) is 66.6 Å². The summed E-state index contributed by atoms with van der Waals surface area (Å²) in [5.74, 6) is -0.00237. The van der Waals surface area contributed by atoms with E-state index in [0.29, 0.717) is 25.3 Å². The van der Waals surface area contributed by atoms with Crippen molar-refractivity contribution in [1.29, 1.82) is 0 Å². The Morgan fingerprint density at radius 2 is 2.19 bits per heavy atom. The van der Waals surface area contributed by atoms with Gasteiger partial charge in [0.25, 0.3) is 5.91 Å². The molecule has 2 rings (SSSR count). The molecule has 0 bridgehead atoms. The standard InChI is InChI=1S/C15H23BrN2O2S/c1-10-9-13(21-14(10)16)15(19)18-7-2-8-20-12-5-3-11(17)4-6-12/h9,11-12H,2-8,17H2,1H3,(H,18,19). The summed E-state index contributed by atoms with van der Waals surface area (Å²) in [5.41, 5.74) is 6.97. The maximum Gasteiger partial charge on any atom is 0.261 e. The van der Waals surface area contributed by atoms with Crippen LogP contribution in [0.4, 0.5) is 0 Å². The van der Waals surface area contributed by atoms with Gasteiger partial charge in [-0.1, -0.05) is 0 Å². The molecule has 1 fully saturated rings. The van der Waals surface area contributed by atoms with Crippen LogP contribution in [0.3, 0.4) is 0 Å². The summed E-state index contributed by atoms with van der Waals surface area (Å²) in [5, 5.41) is 2.93. The molecule has 6 heteroatoms. The van der Waals surface area contributed by atoms with Crippen LogP contribution in [-0.2, 0) is 4.74 Å². The molecular weight excluding hydrogens is 352 g/mol. The van der Waals surface area contributed by atoms with Gasteiger partial charge < -0.3 is 15.8 Å². The molecule has 21 heavy (non-hydrogen) atoms. The lowest BCUT2D eigenvalue weighted by atomic mass is 9.94. The van der Waals surface area contributed by atoms with Crippen molar-refractivity contribution in [3.8, 4) is 0 Å². The summed E-state index contributed by atoms with van der Waals surface area (Å²) < 4.78 is 6.85. The second-order valence-electron chi connectivity index (χ2n) is 5.58. The Bertz CT molecular complexity index is 451. The molecule has 1 saturated carbocycles. The summed E-state index contributed by atoms with van der Waals surface area (Å²) in [7, 11) is 0. The van der Waals surface area contributed by atoms with Gasteiger partial charge in [-0.25, -0.2) is 0 Å². The largest absolute Gasteiger partial charge is 0.378 e. The van der Waals surface area contributed by atoms with Gasteiger partial charge in [-0.15, -0.1) is 11.3 Å². The number of thiophene rings is 1. The minimum atomic E-state index is -0.00237. The molecular formula is C15H23BrN2O2S. The predicted octanol–water partition coefficient (Wildman–Crippen LogP) is 3.23. The minimum Gasteiger partial charge on any atom is -0.378 e. The lowest BCUT2D eigenvalue weighted by molar-refractivity contribution is 0.0241. The van der Waals surface area contributed by atoms with Crippen molar-refractivity contribution in [3.05, 3.63) is 20.3 Å². The van der Waals surface area contributed by atoms with Gasteiger partial charge in [-0.2, -0.15) is 0 Å². The first-order chi connectivity index (χ1) is 10.1. The maximum atomic E-state index is 11.9. The molecule has 1 aromatic rings. The van der Waals surface area contributed by atoms with Gasteiger partial charge in [0, 0.05) is 19.2 Å². The minimum absolute atomic E-state index is 0.00237. The number of ether oxygens (including phenoxy) is 1. The SMILES string of the molecule is Cc1cc(C(=O)NCCCOC2CCC(N)CC2)sc1Br. The highest BCUT2D eigenvalue weighted by Gasteiger charge is 2.18. The van der Waals surface area contributed by atoms with Gasteiger partial charge in [-0.3, -0.25) is 4.79 Å². The Balaban J connectivity index is 1.58. The zero-order valence-corrected chi connectivity index (χ0v) is 14.8. The van der Waals surface area contributed by atoms with Crippen LogP contribution in [0.15, 0.2) is 9.85 Å². The predicted molar refractivity (Wildman–Crippen MR) is 89.9 cm³/mol. The van der Waals surface area contributed by atoms with Crippen molar-refractivity contribution in [2.45, 2.75) is 51.2 Å². The second kappa shape index (κ2) is 8.27. The molecule has 1 aromatic heterocycles. The van der Waals surface area contributed by atoms with Gasteiger partial charge in [0.2, 0.25) is 0 Å². The van der Waals surface area contributed by atoms with Crippen LogP contribution < -0.4 is 11.1 Å². The third-order valence-corrected chi connectivity index (χ3v) is 5.90. The number of carbonyl (C=O) groups excluding carboxylic acids is 1. The third kappa shape index (κ3) is 5.36. The Labute approximate surface area is 138 Å². The number of hydrogen-bond donors (Lipinski definition) is 2. The van der Waals surface area contributed by atoms with E-state index in [1.54, 1.807) is 0 Å². The summed E-state index contributed by atoms with van der Waals surface area (Å²) >= 11 is 4.91. The molecule has 1 amide bonds. The van der Waals surface area contributed by atoms with E-state index in [-0.39, 0.29) is 5.91 Å². The number of nitrogens with two attached hydrogens (primary N) is 1. The number of aryl methyl sites for hydroxylation is 1. The van der Waals surface area contributed by atoms with Crippen molar-refractivity contribution in [2.75, 3.05) is 13.2 Å². The topological polar surface area (TPSA) is 64.3 Å². The van der Waals surface area contributed by atoms with Crippen LogP contribution in [-0.4, -0.2) is 31.2 Å². The van der Waals surface area contributed by atoms with Gasteiger partial charge in [0.05, 0.1) is 14.8 Å². The fourth-order valence-corrected chi connectivity index (χ4v) is 3.89. The quantitative estimate of drug-likeness (QED) is 0.751. The number of nitrogens with one attached hydrogen (secondary N) is 1. The van der Waals surface area contributed by atoms with E-state index in [2.05, 4.69) is 21.2 Å². The molecule has 118 valence electrons. The highest BCUT2D eigenvalue weighted by Crippen LogP contribution is 2.27. The van der Waals surface area contributed by atoms with Crippen molar-refractivity contribution >= 4 is 33.2 Å². The van der Waals surface area contributed by atoms with Crippen LogP contribution in [0.5, 0.6) is 0 Å². The second-order valence-corrected chi connectivity index (χ2v) is 7.95. The van der Waals surface area contributed by atoms with Gasteiger partial charge in [0.1, 0.15) is 0 Å². The highest BCUT2D eigenvalue weighted by molar-refractivity contribution is 9.11. The first-order valence-electron chi connectivity index (χ1n) is 7.47. The van der Waals surface area contributed by atoms with E-state index < -0.39 is 0 Å². The molecule has 1 aliphatic rings. The van der Waals surface area contributed by atoms with E-state index in [1.165, 1.54) is 11.3 Å². The Morgan fingerprint density at radius 1 is 1.48 bits per heavy atom. The third-order valence-electron chi connectivity index (χ3n) is 3.76. The molecule has 1 aliphatic carbocycles. The molecule has 0 unspecified atom stereocenters. The highest BCUT2D eigenvalue weighted by atomic mass is 79.9. The zero-order valence-electron chi connectivity index (χ0n) is 12.4. The number of hydrogen-bond acceptors (Lipinski definition) is 4. The smallest absolute Gasteiger partial charge is 0.261 e. The van der Waals surface area contributed by atoms with Crippen LogP contribution in [0.1, 0.15) is 47.3 Å². The zero-order chi connectivity index (χ0) is 15.2. The Hall–Kier alpha value is -0.430. The van der Waals surface area contributed by atoms with E-state index in [1.807, 2.05) is 13.0 Å². The molecule has 1 heterocycles. The fourth-order valence-electron chi connectivity index (χ4n) is 2.44. The van der Waals surface area contributed by atoms with E-state index in [9.17, 15) is 4.79 Å².